The summed E-state index contributed by atoms with van der Waals surface area (Å²) in [5.74, 6) is 1.77. The van der Waals surface area contributed by atoms with Crippen LogP contribution in [0.5, 0.6) is 17.2 Å². The van der Waals surface area contributed by atoms with Crippen LogP contribution in [-0.4, -0.2) is 46.0 Å². The van der Waals surface area contributed by atoms with Crippen molar-refractivity contribution >= 4 is 45.5 Å². The molecule has 5 aromatic carbocycles. The molecule has 0 atom stereocenters. The Hall–Kier alpha value is -6.50. The van der Waals surface area contributed by atoms with E-state index in [0.717, 1.165) is 28.8 Å². The quantitative estimate of drug-likeness (QED) is 0.118. The van der Waals surface area contributed by atoms with Gasteiger partial charge in [-0.05, 0) is 48.3 Å². The lowest BCUT2D eigenvalue weighted by Crippen LogP contribution is -2.24. The second kappa shape index (κ2) is 18.8. The summed E-state index contributed by atoms with van der Waals surface area (Å²) in [5.41, 5.74) is 2.79. The smallest absolute Gasteiger partial charge is 0.257 e. The number of ether oxygens (including phenoxy) is 3. The number of amides is 1. The summed E-state index contributed by atoms with van der Waals surface area (Å²) in [6.45, 7) is -0.166. The fourth-order valence-electron chi connectivity index (χ4n) is 5.27. The van der Waals surface area contributed by atoms with Crippen molar-refractivity contribution in [3.8, 4) is 39.9 Å². The van der Waals surface area contributed by atoms with Crippen LogP contribution >= 0.6 is 11.9 Å². The van der Waals surface area contributed by atoms with Gasteiger partial charge in [0.05, 0.1) is 30.7 Å². The molecule has 0 radical (unpaired) electrons. The lowest BCUT2D eigenvalue weighted by Gasteiger charge is -2.13. The Kier molecular flexibility index (Phi) is 13.5. The zero-order chi connectivity index (χ0) is 38.5. The minimum atomic E-state index is -0.276. The predicted molar refractivity (Wildman–Crippen MR) is 213 cm³/mol. The highest BCUT2D eigenvalue weighted by atomic mass is 32.2. The number of methoxy groups -OCH3 is 2. The molecule has 0 saturated heterocycles. The molecule has 11 nitrogen and oxygen atoms in total. The third-order valence-electron chi connectivity index (χ3n) is 7.85. The van der Waals surface area contributed by atoms with Gasteiger partial charge >= 0.3 is 0 Å². The summed E-state index contributed by atoms with van der Waals surface area (Å²) in [6.07, 6.45) is 0. The summed E-state index contributed by atoms with van der Waals surface area (Å²) in [6, 6.07) is 38.5. The molecule has 54 heavy (non-hydrogen) atoms. The van der Waals surface area contributed by atoms with E-state index in [9.17, 15) is 14.4 Å². The van der Waals surface area contributed by atoms with E-state index >= 15 is 0 Å². The number of carbonyl (C=O) groups excluding carboxylic acids is 1. The number of aliphatic hydroxyl groups is 1. The van der Waals surface area contributed by atoms with Crippen LogP contribution in [0.1, 0.15) is 0 Å². The van der Waals surface area contributed by atoms with Crippen molar-refractivity contribution in [2.24, 2.45) is 0 Å². The van der Waals surface area contributed by atoms with Crippen LogP contribution in [0.4, 0.5) is 5.69 Å². The van der Waals surface area contributed by atoms with Crippen molar-refractivity contribution in [2.45, 2.75) is 4.90 Å². The minimum Gasteiger partial charge on any atom is -0.491 e. The maximum Gasteiger partial charge on any atom is 0.257 e. The van der Waals surface area contributed by atoms with Gasteiger partial charge < -0.3 is 38.2 Å². The fraction of sp³-hybridized carbons (Fsp3) is 0.119. The van der Waals surface area contributed by atoms with Crippen molar-refractivity contribution in [3.05, 3.63) is 148 Å². The summed E-state index contributed by atoms with van der Waals surface area (Å²) in [5, 5.41) is 10.3. The van der Waals surface area contributed by atoms with E-state index in [1.807, 2.05) is 97.1 Å². The zero-order valence-corrected chi connectivity index (χ0v) is 30.8. The van der Waals surface area contributed by atoms with Crippen molar-refractivity contribution in [2.75, 3.05) is 39.7 Å². The molecule has 7 aromatic rings. The number of anilines is 1. The van der Waals surface area contributed by atoms with Crippen LogP contribution in [0.15, 0.2) is 151 Å². The van der Waals surface area contributed by atoms with Crippen LogP contribution in [0.25, 0.3) is 44.6 Å². The molecule has 276 valence electrons. The summed E-state index contributed by atoms with van der Waals surface area (Å²) in [4.78, 5) is 37.5. The topological polar surface area (TPSA) is 149 Å². The Morgan fingerprint density at radius 1 is 0.667 bits per heavy atom. The number of fused-ring (bicyclic) bond motifs is 2. The van der Waals surface area contributed by atoms with Gasteiger partial charge in [0, 0.05) is 42.3 Å². The summed E-state index contributed by atoms with van der Waals surface area (Å²) >= 11 is 1.47. The third-order valence-corrected chi connectivity index (χ3v) is 8.68. The maximum atomic E-state index is 12.6. The van der Waals surface area contributed by atoms with Gasteiger partial charge in [-0.2, -0.15) is 0 Å². The lowest BCUT2D eigenvalue weighted by molar-refractivity contribution is -0.122. The monoisotopic (exact) mass is 746 g/mol. The van der Waals surface area contributed by atoms with E-state index < -0.39 is 0 Å². The molecular weight excluding hydrogens is 709 g/mol. The Balaban J connectivity index is 0.000000199. The van der Waals surface area contributed by atoms with E-state index in [4.69, 9.17) is 28.2 Å². The second-order valence-corrected chi connectivity index (χ2v) is 12.0. The molecule has 1 amide bonds. The first-order valence-corrected chi connectivity index (χ1v) is 17.4. The number of aliphatic hydroxyl groups excluding tert-OH is 1. The van der Waals surface area contributed by atoms with Gasteiger partial charge in [-0.15, -0.1) is 0 Å². The van der Waals surface area contributed by atoms with Crippen LogP contribution < -0.4 is 35.1 Å². The largest absolute Gasteiger partial charge is 0.491 e. The average Bonchev–Trinajstić information content (AvgIpc) is 3.23. The molecule has 0 aliphatic carbocycles. The normalized spacial score (nSPS) is 10.3. The molecule has 0 saturated carbocycles. The molecule has 0 spiro atoms. The van der Waals surface area contributed by atoms with Gasteiger partial charge in [-0.3, -0.25) is 14.4 Å². The van der Waals surface area contributed by atoms with Gasteiger partial charge in [0.2, 0.25) is 5.75 Å². The van der Waals surface area contributed by atoms with E-state index in [1.54, 1.807) is 25.3 Å². The van der Waals surface area contributed by atoms with Crippen molar-refractivity contribution in [1.82, 2.24) is 5.32 Å². The van der Waals surface area contributed by atoms with E-state index in [-0.39, 0.29) is 34.7 Å². The highest BCUT2D eigenvalue weighted by molar-refractivity contribution is 8.00. The Morgan fingerprint density at radius 3 is 1.65 bits per heavy atom. The lowest BCUT2D eigenvalue weighted by atomic mass is 10.1. The fourth-order valence-corrected chi connectivity index (χ4v) is 5.95. The van der Waals surface area contributed by atoms with E-state index in [1.165, 1.54) is 38.2 Å². The molecular formula is C42H38N2O9S. The molecule has 0 aliphatic rings. The molecule has 3 N–H and O–H groups in total. The Labute approximate surface area is 315 Å². The standard InChI is InChI=1S/C22H17NO3S.C19H17NO5.CH4O/c1-25-22-18(23-27-16-10-6-3-7-11-16)13-12-17-19(24)14-20(26-21(17)22)15-8-4-2-5-9-15;1-20-17(22)11-24-15-9-8-13-14(21)10-16(12-6-4-3-5-7-12)25-18(13)19(15)23-2;1-2/h2-14,23H,1H3;3-10H,11H2,1-2H3,(H,20,22);2H,1H3. The van der Waals surface area contributed by atoms with E-state index in [2.05, 4.69) is 10.0 Å². The number of hydrogen-bond donors (Lipinski definition) is 3. The Morgan fingerprint density at radius 2 is 1.15 bits per heavy atom. The van der Waals surface area contributed by atoms with Crippen molar-refractivity contribution in [1.29, 1.82) is 0 Å². The maximum absolute atomic E-state index is 12.6. The van der Waals surface area contributed by atoms with Crippen LogP contribution in [0.2, 0.25) is 0 Å². The molecule has 12 heteroatoms. The first-order valence-electron chi connectivity index (χ1n) is 16.6. The molecule has 7 rings (SSSR count). The molecule has 0 unspecified atom stereocenters. The van der Waals surface area contributed by atoms with Crippen LogP contribution in [-0.2, 0) is 4.79 Å². The third kappa shape index (κ3) is 9.10. The minimum absolute atomic E-state index is 0.101. The molecule has 0 fully saturated rings. The summed E-state index contributed by atoms with van der Waals surface area (Å²) < 4.78 is 31.7. The van der Waals surface area contributed by atoms with Crippen LogP contribution in [0.3, 0.4) is 0 Å². The van der Waals surface area contributed by atoms with Gasteiger partial charge in [0.15, 0.2) is 40.1 Å². The van der Waals surface area contributed by atoms with Crippen LogP contribution in [0, 0.1) is 0 Å². The Bertz CT molecular complexity index is 2440. The highest BCUT2D eigenvalue weighted by Gasteiger charge is 2.18. The van der Waals surface area contributed by atoms with Gasteiger partial charge in [-0.1, -0.05) is 78.9 Å². The van der Waals surface area contributed by atoms with Gasteiger partial charge in [0.25, 0.3) is 5.91 Å². The molecule has 0 bridgehead atoms. The number of carbonyl (C=O) groups is 1. The van der Waals surface area contributed by atoms with Gasteiger partial charge in [0.1, 0.15) is 11.5 Å². The second-order valence-electron chi connectivity index (χ2n) is 11.2. The zero-order valence-electron chi connectivity index (χ0n) is 30.0. The predicted octanol–water partition coefficient (Wildman–Crippen LogP) is 7.79. The summed E-state index contributed by atoms with van der Waals surface area (Å²) in [7, 11) is 5.55. The highest BCUT2D eigenvalue weighted by Crippen LogP contribution is 2.38. The molecule has 2 heterocycles. The number of hydrogen-bond acceptors (Lipinski definition) is 11. The number of nitrogens with one attached hydrogen (secondary N) is 2. The number of likely N-dealkylation sites (N-methyl/N-ethyl adjacent to an activating group) is 1. The van der Waals surface area contributed by atoms with Gasteiger partial charge in [-0.25, -0.2) is 0 Å². The molecule has 2 aromatic heterocycles. The number of rotatable bonds is 10. The van der Waals surface area contributed by atoms with Crippen molar-refractivity contribution in [3.63, 3.8) is 0 Å². The first kappa shape index (κ1) is 38.7. The average molecular weight is 747 g/mol. The van der Waals surface area contributed by atoms with E-state index in [0.29, 0.717) is 39.4 Å². The molecule has 0 aliphatic heterocycles. The SMILES string of the molecule is CNC(=O)COc1ccc2c(=O)cc(-c3ccccc3)oc2c1OC.CO.COc1c(NSc2ccccc2)ccc2c(=O)cc(-c3ccccc3)oc12. The van der Waals surface area contributed by atoms with Crippen molar-refractivity contribution < 1.29 is 32.9 Å². The number of benzene rings is 5. The first-order chi connectivity index (χ1) is 26.4.